The van der Waals surface area contributed by atoms with Crippen molar-refractivity contribution in [3.8, 4) is 5.75 Å². The fourth-order valence-electron chi connectivity index (χ4n) is 2.58. The van der Waals surface area contributed by atoms with E-state index in [4.69, 9.17) is 9.47 Å². The van der Waals surface area contributed by atoms with Crippen LogP contribution in [0.25, 0.3) is 0 Å². The molecule has 6 heteroatoms. The number of rotatable bonds is 7. The van der Waals surface area contributed by atoms with Gasteiger partial charge in [-0.3, -0.25) is 9.59 Å². The maximum Gasteiger partial charge on any atom is 0.338 e. The number of amides is 1. The van der Waals surface area contributed by atoms with E-state index in [1.807, 2.05) is 0 Å². The first-order valence-electron chi connectivity index (χ1n) is 8.87. The van der Waals surface area contributed by atoms with Crippen LogP contribution in [0.1, 0.15) is 31.1 Å². The van der Waals surface area contributed by atoms with Crippen LogP contribution in [0.4, 0.5) is 5.69 Å². The van der Waals surface area contributed by atoms with Crippen LogP contribution in [0.2, 0.25) is 0 Å². The van der Waals surface area contributed by atoms with Crippen LogP contribution in [-0.4, -0.2) is 31.4 Å². The highest BCUT2D eigenvalue weighted by molar-refractivity contribution is 6.04. The average Bonchev–Trinajstić information content (AvgIpc) is 2.78. The Kier molecular flexibility index (Phi) is 6.37. The van der Waals surface area contributed by atoms with E-state index in [1.165, 1.54) is 19.2 Å². The molecule has 1 N–H and O–H groups in total. The Balaban J connectivity index is 1.57. The van der Waals surface area contributed by atoms with Gasteiger partial charge in [-0.2, -0.15) is 0 Å². The molecule has 0 heterocycles. The quantitative estimate of drug-likeness (QED) is 0.488. The van der Waals surface area contributed by atoms with Crippen LogP contribution in [0, 0.1) is 0 Å². The SMILES string of the molecule is COc1cccc(C(=O)Nc2ccc(C(=O)OCC(=O)c3ccccc3)cc2)c1. The molecule has 3 rings (SSSR count). The van der Waals surface area contributed by atoms with Crippen LogP contribution in [-0.2, 0) is 4.74 Å². The first-order chi connectivity index (χ1) is 14.1. The number of carbonyl (C=O) groups excluding carboxylic acids is 3. The monoisotopic (exact) mass is 389 g/mol. The lowest BCUT2D eigenvalue weighted by atomic mass is 10.1. The summed E-state index contributed by atoms with van der Waals surface area (Å²) in [6.07, 6.45) is 0. The molecular weight excluding hydrogens is 370 g/mol. The van der Waals surface area contributed by atoms with Gasteiger partial charge >= 0.3 is 5.97 Å². The number of benzene rings is 3. The van der Waals surface area contributed by atoms with Gasteiger partial charge in [0, 0.05) is 16.8 Å². The Morgan fingerprint density at radius 1 is 0.793 bits per heavy atom. The average molecular weight is 389 g/mol. The minimum Gasteiger partial charge on any atom is -0.497 e. The second-order valence-corrected chi connectivity index (χ2v) is 6.13. The normalized spacial score (nSPS) is 10.1. The zero-order chi connectivity index (χ0) is 20.6. The van der Waals surface area contributed by atoms with Crippen molar-refractivity contribution in [1.82, 2.24) is 0 Å². The van der Waals surface area contributed by atoms with Gasteiger partial charge in [0.2, 0.25) is 0 Å². The van der Waals surface area contributed by atoms with Gasteiger partial charge in [0.15, 0.2) is 12.4 Å². The van der Waals surface area contributed by atoms with E-state index in [1.54, 1.807) is 66.7 Å². The lowest BCUT2D eigenvalue weighted by Gasteiger charge is -2.08. The summed E-state index contributed by atoms with van der Waals surface area (Å²) < 4.78 is 10.2. The molecule has 3 aromatic rings. The minimum atomic E-state index is -0.611. The number of carbonyl (C=O) groups is 3. The van der Waals surface area contributed by atoms with Crippen molar-refractivity contribution >= 4 is 23.3 Å². The molecule has 1 amide bonds. The van der Waals surface area contributed by atoms with E-state index in [9.17, 15) is 14.4 Å². The van der Waals surface area contributed by atoms with E-state index in [-0.39, 0.29) is 23.9 Å². The van der Waals surface area contributed by atoms with Crippen molar-refractivity contribution in [1.29, 1.82) is 0 Å². The van der Waals surface area contributed by atoms with Crippen molar-refractivity contribution in [2.24, 2.45) is 0 Å². The third-order valence-electron chi connectivity index (χ3n) is 4.14. The fraction of sp³-hybridized carbons (Fsp3) is 0.0870. The van der Waals surface area contributed by atoms with Gasteiger partial charge in [0.25, 0.3) is 5.91 Å². The molecule has 0 aromatic heterocycles. The first kappa shape index (κ1) is 19.8. The summed E-state index contributed by atoms with van der Waals surface area (Å²) in [5, 5.41) is 2.75. The molecule has 0 aliphatic carbocycles. The number of esters is 1. The molecule has 0 fully saturated rings. The van der Waals surface area contributed by atoms with Crippen LogP contribution in [0.15, 0.2) is 78.9 Å². The summed E-state index contributed by atoms with van der Waals surface area (Å²) in [4.78, 5) is 36.5. The maximum atomic E-state index is 12.3. The number of anilines is 1. The molecule has 0 atom stereocenters. The second-order valence-electron chi connectivity index (χ2n) is 6.13. The molecule has 29 heavy (non-hydrogen) atoms. The van der Waals surface area contributed by atoms with Crippen LogP contribution in [0.5, 0.6) is 5.75 Å². The predicted molar refractivity (Wildman–Crippen MR) is 108 cm³/mol. The highest BCUT2D eigenvalue weighted by atomic mass is 16.5. The van der Waals surface area contributed by atoms with Crippen LogP contribution in [0.3, 0.4) is 0 Å². The third kappa shape index (κ3) is 5.29. The highest BCUT2D eigenvalue weighted by Crippen LogP contribution is 2.16. The van der Waals surface area contributed by atoms with E-state index in [0.29, 0.717) is 22.6 Å². The number of nitrogens with one attached hydrogen (secondary N) is 1. The van der Waals surface area contributed by atoms with Gasteiger partial charge in [-0.15, -0.1) is 0 Å². The molecule has 0 saturated carbocycles. The first-order valence-corrected chi connectivity index (χ1v) is 8.87. The van der Waals surface area contributed by atoms with Gasteiger partial charge in [-0.25, -0.2) is 4.79 Å². The zero-order valence-electron chi connectivity index (χ0n) is 15.8. The smallest absolute Gasteiger partial charge is 0.338 e. The lowest BCUT2D eigenvalue weighted by molar-refractivity contribution is 0.0475. The van der Waals surface area contributed by atoms with Gasteiger partial charge in [0.1, 0.15) is 5.75 Å². The highest BCUT2D eigenvalue weighted by Gasteiger charge is 2.12. The lowest BCUT2D eigenvalue weighted by Crippen LogP contribution is -2.14. The van der Waals surface area contributed by atoms with Crippen molar-refractivity contribution in [2.75, 3.05) is 19.0 Å². The van der Waals surface area contributed by atoms with Gasteiger partial charge in [0.05, 0.1) is 12.7 Å². The number of Topliss-reactive ketones (excluding diaryl/α,β-unsaturated/α-hetero) is 1. The number of ether oxygens (including phenoxy) is 2. The molecule has 0 saturated heterocycles. The minimum absolute atomic E-state index is 0.277. The Morgan fingerprint density at radius 3 is 2.17 bits per heavy atom. The molecule has 0 unspecified atom stereocenters. The fourth-order valence-corrected chi connectivity index (χ4v) is 2.58. The van der Waals surface area contributed by atoms with E-state index in [2.05, 4.69) is 5.32 Å². The molecule has 6 nitrogen and oxygen atoms in total. The summed E-state index contributed by atoms with van der Waals surface area (Å²) in [6.45, 7) is -0.336. The molecular formula is C23H19NO5. The Hall–Kier alpha value is -3.93. The standard InChI is InChI=1S/C23H19NO5/c1-28-20-9-5-8-18(14-20)22(26)24-19-12-10-17(11-13-19)23(27)29-15-21(25)16-6-3-2-4-7-16/h2-14H,15H2,1H3,(H,24,26). The molecule has 3 aromatic carbocycles. The summed E-state index contributed by atoms with van der Waals surface area (Å²) in [6, 6.07) is 21.6. The topological polar surface area (TPSA) is 81.7 Å². The number of hydrogen-bond donors (Lipinski definition) is 1. The summed E-state index contributed by atoms with van der Waals surface area (Å²) in [7, 11) is 1.53. The maximum absolute atomic E-state index is 12.3. The van der Waals surface area contributed by atoms with E-state index >= 15 is 0 Å². The van der Waals surface area contributed by atoms with Crippen LogP contribution < -0.4 is 10.1 Å². The number of ketones is 1. The summed E-state index contributed by atoms with van der Waals surface area (Å²) >= 11 is 0. The van der Waals surface area contributed by atoms with E-state index < -0.39 is 5.97 Å². The third-order valence-corrected chi connectivity index (χ3v) is 4.14. The second kappa shape index (κ2) is 9.32. The van der Waals surface area contributed by atoms with E-state index in [0.717, 1.165) is 0 Å². The number of methoxy groups -OCH3 is 1. The largest absolute Gasteiger partial charge is 0.497 e. The van der Waals surface area contributed by atoms with Crippen molar-refractivity contribution in [3.05, 3.63) is 95.6 Å². The predicted octanol–water partition coefficient (Wildman–Crippen LogP) is 3.99. The molecule has 146 valence electrons. The van der Waals surface area contributed by atoms with Gasteiger partial charge < -0.3 is 14.8 Å². The summed E-state index contributed by atoms with van der Waals surface area (Å²) in [5.74, 6) is -0.602. The summed E-state index contributed by atoms with van der Waals surface area (Å²) in [5.41, 5.74) is 1.74. The molecule has 0 aliphatic rings. The Bertz CT molecular complexity index is 1010. The van der Waals surface area contributed by atoms with Crippen molar-refractivity contribution in [3.63, 3.8) is 0 Å². The van der Waals surface area contributed by atoms with Gasteiger partial charge in [-0.1, -0.05) is 36.4 Å². The van der Waals surface area contributed by atoms with Crippen LogP contribution >= 0.6 is 0 Å². The van der Waals surface area contributed by atoms with Gasteiger partial charge in [-0.05, 0) is 42.5 Å². The van der Waals surface area contributed by atoms with Crippen molar-refractivity contribution < 1.29 is 23.9 Å². The molecule has 0 aliphatic heterocycles. The van der Waals surface area contributed by atoms with Crippen molar-refractivity contribution in [2.45, 2.75) is 0 Å². The molecule has 0 bridgehead atoms. The Labute approximate surface area is 168 Å². The number of hydrogen-bond acceptors (Lipinski definition) is 5. The molecule has 0 spiro atoms. The molecule has 0 radical (unpaired) electrons. The zero-order valence-corrected chi connectivity index (χ0v) is 15.8. The Morgan fingerprint density at radius 2 is 1.48 bits per heavy atom.